The molecule has 1 aromatic heterocycles. The van der Waals surface area contributed by atoms with Crippen molar-refractivity contribution < 1.29 is 34.1 Å². The van der Waals surface area contributed by atoms with Crippen molar-refractivity contribution in [2.45, 2.75) is 31.4 Å². The molecule has 1 atom stereocenters. The van der Waals surface area contributed by atoms with E-state index in [2.05, 4.69) is 23.3 Å². The molecule has 3 N–H and O–H groups in total. The Morgan fingerprint density at radius 3 is 2.18 bits per heavy atom. The van der Waals surface area contributed by atoms with Crippen molar-refractivity contribution in [3.8, 4) is 5.75 Å². The number of rotatable bonds is 9. The molecule has 10 heteroatoms. The van der Waals surface area contributed by atoms with Gasteiger partial charge in [-0.2, -0.15) is 0 Å². The fraction of sp³-hybridized carbons (Fsp3) is 0.261. The van der Waals surface area contributed by atoms with Crippen LogP contribution in [-0.2, 0) is 33.6 Å². The molecule has 174 valence electrons. The largest absolute Gasteiger partial charge is 0.493 e. The topological polar surface area (TPSA) is 143 Å². The summed E-state index contributed by atoms with van der Waals surface area (Å²) >= 11 is 1.05. The molecule has 0 bridgehead atoms. The number of amides is 2. The first-order chi connectivity index (χ1) is 15.8. The molecule has 0 saturated carbocycles. The molecule has 33 heavy (non-hydrogen) atoms. The van der Waals surface area contributed by atoms with E-state index in [1.807, 2.05) is 36.5 Å². The first kappa shape index (κ1) is 25.6. The van der Waals surface area contributed by atoms with E-state index < -0.39 is 11.9 Å². The maximum Gasteiger partial charge on any atom is 0.328 e. The smallest absolute Gasteiger partial charge is 0.328 e. The van der Waals surface area contributed by atoms with Gasteiger partial charge < -0.3 is 14.9 Å². The highest BCUT2D eigenvalue weighted by Crippen LogP contribution is 2.23. The number of carbonyl (C=O) groups excluding carboxylic acids is 2. The molecule has 1 unspecified atom stereocenters. The van der Waals surface area contributed by atoms with Gasteiger partial charge in [0.1, 0.15) is 5.75 Å². The summed E-state index contributed by atoms with van der Waals surface area (Å²) in [4.78, 5) is 46.3. The molecule has 1 aliphatic rings. The maximum absolute atomic E-state index is 11.6. The standard InChI is InChI=1S/C19H20N2O3S.C4H4O4/c1-2-13-3-6-15(20-12-13)9-10-24-16-7-4-14(5-8-16)11-17-18(22)21-19(23)25-17;5-3(6)1-2-4(7)8/h3-8,12,17H,2,9-11H2,1H3,(H,21,22,23);1-2H,(H,5,6)(H,7,8)/b;2-1+. The molecule has 1 saturated heterocycles. The summed E-state index contributed by atoms with van der Waals surface area (Å²) in [6.45, 7) is 2.67. The number of aryl methyl sites for hydroxylation is 1. The van der Waals surface area contributed by atoms with Gasteiger partial charge in [0.05, 0.1) is 11.9 Å². The van der Waals surface area contributed by atoms with Gasteiger partial charge in [-0.3, -0.25) is 19.9 Å². The minimum atomic E-state index is -1.26. The lowest BCUT2D eigenvalue weighted by Crippen LogP contribution is -2.25. The molecular weight excluding hydrogens is 448 g/mol. The number of carboxylic acids is 2. The molecule has 1 fully saturated rings. The third-order valence-electron chi connectivity index (χ3n) is 4.40. The Balaban J connectivity index is 0.000000414. The Labute approximate surface area is 194 Å². The Kier molecular flexibility index (Phi) is 10.1. The van der Waals surface area contributed by atoms with Gasteiger partial charge in [-0.05, 0) is 42.2 Å². The quantitative estimate of drug-likeness (QED) is 0.469. The molecular formula is C23H24N2O7S. The number of ether oxygens (including phenoxy) is 1. The monoisotopic (exact) mass is 472 g/mol. The number of aromatic nitrogens is 1. The first-order valence-corrected chi connectivity index (χ1v) is 11.0. The number of hydrogen-bond acceptors (Lipinski definition) is 7. The van der Waals surface area contributed by atoms with E-state index in [0.717, 1.165) is 41.6 Å². The summed E-state index contributed by atoms with van der Waals surface area (Å²) in [5.74, 6) is -1.94. The van der Waals surface area contributed by atoms with E-state index in [1.54, 1.807) is 0 Å². The van der Waals surface area contributed by atoms with Crippen molar-refractivity contribution in [1.82, 2.24) is 10.3 Å². The lowest BCUT2D eigenvalue weighted by atomic mass is 10.1. The van der Waals surface area contributed by atoms with E-state index in [4.69, 9.17) is 14.9 Å². The number of pyridine rings is 1. The fourth-order valence-corrected chi connectivity index (χ4v) is 3.55. The summed E-state index contributed by atoms with van der Waals surface area (Å²) in [7, 11) is 0. The summed E-state index contributed by atoms with van der Waals surface area (Å²) < 4.78 is 5.75. The van der Waals surface area contributed by atoms with Crippen molar-refractivity contribution in [3.05, 3.63) is 71.6 Å². The number of benzene rings is 1. The van der Waals surface area contributed by atoms with Gasteiger partial charge in [-0.25, -0.2) is 9.59 Å². The number of thioether (sulfide) groups is 1. The third kappa shape index (κ3) is 9.56. The van der Waals surface area contributed by atoms with Crippen LogP contribution in [0.15, 0.2) is 54.7 Å². The number of imide groups is 1. The zero-order valence-corrected chi connectivity index (χ0v) is 18.7. The number of hydrogen-bond donors (Lipinski definition) is 3. The normalized spacial score (nSPS) is 15.0. The lowest BCUT2D eigenvalue weighted by Gasteiger charge is -2.09. The number of nitrogens with one attached hydrogen (secondary N) is 1. The zero-order valence-electron chi connectivity index (χ0n) is 17.9. The van der Waals surface area contributed by atoms with Gasteiger partial charge in [0.2, 0.25) is 5.91 Å². The Morgan fingerprint density at radius 1 is 1.06 bits per heavy atom. The summed E-state index contributed by atoms with van der Waals surface area (Å²) in [5.41, 5.74) is 3.25. The van der Waals surface area contributed by atoms with Crippen molar-refractivity contribution in [1.29, 1.82) is 0 Å². The fourth-order valence-electron chi connectivity index (χ4n) is 2.69. The van der Waals surface area contributed by atoms with E-state index in [9.17, 15) is 19.2 Å². The summed E-state index contributed by atoms with van der Waals surface area (Å²) in [6.07, 6.45) is 5.31. The van der Waals surface area contributed by atoms with Gasteiger partial charge in [-0.1, -0.05) is 36.9 Å². The lowest BCUT2D eigenvalue weighted by molar-refractivity contribution is -0.134. The van der Waals surface area contributed by atoms with Crippen LogP contribution in [0.4, 0.5) is 4.79 Å². The van der Waals surface area contributed by atoms with Gasteiger partial charge in [0.25, 0.3) is 5.24 Å². The second-order valence-electron chi connectivity index (χ2n) is 6.85. The molecule has 9 nitrogen and oxygen atoms in total. The van der Waals surface area contributed by atoms with Crippen LogP contribution in [0.2, 0.25) is 0 Å². The molecule has 1 aliphatic heterocycles. The highest BCUT2D eigenvalue weighted by molar-refractivity contribution is 8.15. The molecule has 0 radical (unpaired) electrons. The van der Waals surface area contributed by atoms with Crippen LogP contribution >= 0.6 is 11.8 Å². The third-order valence-corrected chi connectivity index (χ3v) is 5.38. The number of nitrogens with zero attached hydrogens (tertiary/aromatic N) is 1. The highest BCUT2D eigenvalue weighted by atomic mass is 32.2. The summed E-state index contributed by atoms with van der Waals surface area (Å²) in [6, 6.07) is 11.8. The molecule has 2 heterocycles. The molecule has 3 rings (SSSR count). The number of carbonyl (C=O) groups is 4. The average Bonchev–Trinajstić information content (AvgIpc) is 3.11. The second-order valence-corrected chi connectivity index (χ2v) is 8.03. The van der Waals surface area contributed by atoms with E-state index in [1.165, 1.54) is 5.56 Å². The molecule has 2 amide bonds. The van der Waals surface area contributed by atoms with Crippen molar-refractivity contribution in [2.75, 3.05) is 6.61 Å². The summed E-state index contributed by atoms with van der Waals surface area (Å²) in [5, 5.41) is 17.3. The SMILES string of the molecule is CCc1ccc(CCOc2ccc(CC3SC(=O)NC3=O)cc2)nc1.O=C(O)/C=C/C(=O)O. The van der Waals surface area contributed by atoms with Gasteiger partial charge in [-0.15, -0.1) is 0 Å². The molecule has 0 aliphatic carbocycles. The second kappa shape index (κ2) is 13.0. The van der Waals surface area contributed by atoms with Gasteiger partial charge in [0.15, 0.2) is 0 Å². The van der Waals surface area contributed by atoms with E-state index in [0.29, 0.717) is 25.2 Å². The molecule has 1 aromatic carbocycles. The van der Waals surface area contributed by atoms with Crippen molar-refractivity contribution >= 4 is 34.8 Å². The van der Waals surface area contributed by atoms with Crippen molar-refractivity contribution in [3.63, 3.8) is 0 Å². The zero-order chi connectivity index (χ0) is 24.2. The van der Waals surface area contributed by atoms with E-state index >= 15 is 0 Å². The minimum Gasteiger partial charge on any atom is -0.493 e. The Bertz CT molecular complexity index is 988. The number of aliphatic carboxylic acids is 2. The molecule has 0 spiro atoms. The first-order valence-electron chi connectivity index (χ1n) is 10.1. The average molecular weight is 473 g/mol. The van der Waals surface area contributed by atoms with Crippen molar-refractivity contribution in [2.24, 2.45) is 0 Å². The number of carboxylic acid groups (broad SMARTS) is 2. The Hall–Kier alpha value is -3.66. The Morgan fingerprint density at radius 2 is 1.70 bits per heavy atom. The van der Waals surface area contributed by atoms with Crippen LogP contribution in [0.1, 0.15) is 23.7 Å². The maximum atomic E-state index is 11.6. The van der Waals surface area contributed by atoms with Crippen LogP contribution in [0, 0.1) is 0 Å². The van der Waals surface area contributed by atoms with Crippen LogP contribution in [0.3, 0.4) is 0 Å². The van der Waals surface area contributed by atoms with Crippen LogP contribution in [0.25, 0.3) is 0 Å². The van der Waals surface area contributed by atoms with Crippen LogP contribution in [0.5, 0.6) is 5.75 Å². The van der Waals surface area contributed by atoms with Crippen LogP contribution in [-0.4, -0.2) is 50.1 Å². The van der Waals surface area contributed by atoms with Gasteiger partial charge in [0, 0.05) is 30.5 Å². The highest BCUT2D eigenvalue weighted by Gasteiger charge is 2.31. The predicted octanol–water partition coefficient (Wildman–Crippen LogP) is 2.87. The van der Waals surface area contributed by atoms with Crippen LogP contribution < -0.4 is 10.1 Å². The minimum absolute atomic E-state index is 0.211. The van der Waals surface area contributed by atoms with E-state index in [-0.39, 0.29) is 16.4 Å². The predicted molar refractivity (Wildman–Crippen MR) is 122 cm³/mol. The van der Waals surface area contributed by atoms with Gasteiger partial charge >= 0.3 is 11.9 Å². The molecule has 2 aromatic rings.